The van der Waals surface area contributed by atoms with Gasteiger partial charge in [-0.3, -0.25) is 0 Å². The van der Waals surface area contributed by atoms with Crippen molar-refractivity contribution >= 4 is 0 Å². The minimum Gasteiger partial charge on any atom is -0.389 e. The van der Waals surface area contributed by atoms with Gasteiger partial charge >= 0.3 is 0 Å². The van der Waals surface area contributed by atoms with Crippen LogP contribution in [0, 0.1) is 0 Å². The number of aliphatic hydroxyl groups is 1. The first kappa shape index (κ1) is 15.9. The molecule has 108 valence electrons. The van der Waals surface area contributed by atoms with E-state index in [9.17, 15) is 5.11 Å². The summed E-state index contributed by atoms with van der Waals surface area (Å²) in [6.45, 7) is 4.16. The van der Waals surface area contributed by atoms with Crippen LogP contribution < -0.4 is 0 Å². The summed E-state index contributed by atoms with van der Waals surface area (Å²) < 4.78 is 5.47. The van der Waals surface area contributed by atoms with Gasteiger partial charge in [-0.15, -0.1) is 0 Å². The predicted octanol–water partition coefficient (Wildman–Crippen LogP) is 2.82. The second kappa shape index (κ2) is 9.76. The van der Waals surface area contributed by atoms with Crippen molar-refractivity contribution in [3.8, 4) is 0 Å². The molecule has 0 amide bonds. The molecule has 0 bridgehead atoms. The van der Waals surface area contributed by atoms with Gasteiger partial charge in [-0.05, 0) is 26.3 Å². The highest BCUT2D eigenvalue weighted by molar-refractivity contribution is 4.74. The summed E-state index contributed by atoms with van der Waals surface area (Å²) in [7, 11) is 2.14. The van der Waals surface area contributed by atoms with Gasteiger partial charge < -0.3 is 14.7 Å². The minimum absolute atomic E-state index is 0.338. The van der Waals surface area contributed by atoms with Gasteiger partial charge in [0.2, 0.25) is 0 Å². The maximum Gasteiger partial charge on any atom is 0.0900 e. The molecule has 3 nitrogen and oxygen atoms in total. The molecule has 0 spiro atoms. The fourth-order valence-electron chi connectivity index (χ4n) is 2.70. The van der Waals surface area contributed by atoms with Gasteiger partial charge in [0.25, 0.3) is 0 Å². The second-order valence-electron chi connectivity index (χ2n) is 5.67. The van der Waals surface area contributed by atoms with Crippen molar-refractivity contribution in [3.05, 3.63) is 0 Å². The first-order chi connectivity index (χ1) is 8.74. The lowest BCUT2D eigenvalue weighted by Gasteiger charge is -2.28. The molecule has 0 aromatic rings. The Bertz CT molecular complexity index is 191. The van der Waals surface area contributed by atoms with E-state index < -0.39 is 0 Å². The number of unbranched alkanes of at least 4 members (excludes halogenated alkanes) is 1. The summed E-state index contributed by atoms with van der Waals surface area (Å²) >= 11 is 0. The lowest BCUT2D eigenvalue weighted by molar-refractivity contribution is 0.0121. The number of nitrogens with zero attached hydrogens (tertiary/aromatic N) is 1. The zero-order valence-corrected chi connectivity index (χ0v) is 12.2. The van der Waals surface area contributed by atoms with E-state index in [1.807, 2.05) is 0 Å². The van der Waals surface area contributed by atoms with E-state index in [0.717, 1.165) is 26.0 Å². The zero-order valence-electron chi connectivity index (χ0n) is 12.2. The third-order valence-corrected chi connectivity index (χ3v) is 3.90. The average molecular weight is 257 g/mol. The van der Waals surface area contributed by atoms with E-state index in [0.29, 0.717) is 12.6 Å². The van der Waals surface area contributed by atoms with Crippen LogP contribution in [-0.4, -0.2) is 49.0 Å². The summed E-state index contributed by atoms with van der Waals surface area (Å²) in [6.07, 6.45) is 9.94. The molecule has 0 aromatic carbocycles. The number of hydrogen-bond donors (Lipinski definition) is 1. The van der Waals surface area contributed by atoms with Crippen LogP contribution in [0.5, 0.6) is 0 Å². The van der Waals surface area contributed by atoms with Crippen LogP contribution in [0.25, 0.3) is 0 Å². The maximum atomic E-state index is 9.95. The zero-order chi connectivity index (χ0) is 13.2. The summed E-state index contributed by atoms with van der Waals surface area (Å²) in [5.41, 5.74) is 0. The molecule has 1 saturated carbocycles. The van der Waals surface area contributed by atoms with E-state index in [1.54, 1.807) is 0 Å². The molecule has 1 N–H and O–H groups in total. The van der Waals surface area contributed by atoms with Gasteiger partial charge in [0.05, 0.1) is 12.7 Å². The molecule has 1 unspecified atom stereocenters. The van der Waals surface area contributed by atoms with Crippen molar-refractivity contribution in [2.24, 2.45) is 0 Å². The summed E-state index contributed by atoms with van der Waals surface area (Å²) in [5.74, 6) is 0. The van der Waals surface area contributed by atoms with Crippen molar-refractivity contribution < 1.29 is 9.84 Å². The van der Waals surface area contributed by atoms with Crippen LogP contribution in [-0.2, 0) is 4.74 Å². The van der Waals surface area contributed by atoms with E-state index in [2.05, 4.69) is 18.9 Å². The summed E-state index contributed by atoms with van der Waals surface area (Å²) in [5, 5.41) is 9.95. The predicted molar refractivity (Wildman–Crippen MR) is 75.9 cm³/mol. The van der Waals surface area contributed by atoms with Crippen LogP contribution in [0.2, 0.25) is 0 Å². The Kier molecular flexibility index (Phi) is 8.64. The number of ether oxygens (including phenoxy) is 1. The van der Waals surface area contributed by atoms with Crippen molar-refractivity contribution in [2.75, 3.05) is 26.8 Å². The van der Waals surface area contributed by atoms with E-state index in [4.69, 9.17) is 4.74 Å². The van der Waals surface area contributed by atoms with Gasteiger partial charge in [0.1, 0.15) is 0 Å². The van der Waals surface area contributed by atoms with Crippen LogP contribution in [0.3, 0.4) is 0 Å². The van der Waals surface area contributed by atoms with Crippen LogP contribution in [0.4, 0.5) is 0 Å². The van der Waals surface area contributed by atoms with Crippen molar-refractivity contribution in [1.29, 1.82) is 0 Å². The third kappa shape index (κ3) is 6.72. The minimum atomic E-state index is -0.338. The lowest BCUT2D eigenvalue weighted by Crippen LogP contribution is -2.39. The molecule has 0 radical (unpaired) electrons. The Morgan fingerprint density at radius 2 is 1.89 bits per heavy atom. The molecular weight excluding hydrogens is 226 g/mol. The Balaban J connectivity index is 2.14. The SMILES string of the molecule is CCCCOCC(O)CN(C)C1CCCCCC1. The smallest absolute Gasteiger partial charge is 0.0900 e. The largest absolute Gasteiger partial charge is 0.389 e. The molecule has 0 aliphatic heterocycles. The second-order valence-corrected chi connectivity index (χ2v) is 5.67. The van der Waals surface area contributed by atoms with Gasteiger partial charge in [-0.1, -0.05) is 39.0 Å². The Hall–Kier alpha value is -0.120. The molecule has 1 fully saturated rings. The average Bonchev–Trinajstić information content (AvgIpc) is 2.63. The van der Waals surface area contributed by atoms with Crippen LogP contribution in [0.15, 0.2) is 0 Å². The number of rotatable bonds is 8. The van der Waals surface area contributed by atoms with E-state index in [1.165, 1.54) is 38.5 Å². The molecule has 1 atom stereocenters. The fourth-order valence-corrected chi connectivity index (χ4v) is 2.70. The summed E-state index contributed by atoms with van der Waals surface area (Å²) in [4.78, 5) is 2.33. The quantitative estimate of drug-likeness (QED) is 0.536. The van der Waals surface area contributed by atoms with Crippen LogP contribution in [0.1, 0.15) is 58.3 Å². The highest BCUT2D eigenvalue weighted by atomic mass is 16.5. The standard InChI is InChI=1S/C15H31NO2/c1-3-4-11-18-13-15(17)12-16(2)14-9-7-5-6-8-10-14/h14-15,17H,3-13H2,1-2H3. The van der Waals surface area contributed by atoms with Gasteiger partial charge in [-0.2, -0.15) is 0 Å². The third-order valence-electron chi connectivity index (χ3n) is 3.90. The Labute approximate surface area is 113 Å². The molecule has 3 heteroatoms. The molecule has 1 aliphatic carbocycles. The molecular formula is C15H31NO2. The first-order valence-corrected chi connectivity index (χ1v) is 7.70. The topological polar surface area (TPSA) is 32.7 Å². The molecule has 0 aromatic heterocycles. The van der Waals surface area contributed by atoms with Gasteiger partial charge in [0, 0.05) is 19.2 Å². The Morgan fingerprint density at radius 1 is 1.22 bits per heavy atom. The van der Waals surface area contributed by atoms with Crippen molar-refractivity contribution in [3.63, 3.8) is 0 Å². The molecule has 0 heterocycles. The lowest BCUT2D eigenvalue weighted by atomic mass is 10.1. The number of aliphatic hydroxyl groups excluding tert-OH is 1. The number of hydrogen-bond acceptors (Lipinski definition) is 3. The van der Waals surface area contributed by atoms with Gasteiger partial charge in [0.15, 0.2) is 0 Å². The molecule has 1 rings (SSSR count). The van der Waals surface area contributed by atoms with Crippen molar-refractivity contribution in [1.82, 2.24) is 4.90 Å². The fraction of sp³-hybridized carbons (Fsp3) is 1.00. The number of likely N-dealkylation sites (N-methyl/N-ethyl adjacent to an activating group) is 1. The van der Waals surface area contributed by atoms with Crippen molar-refractivity contribution in [2.45, 2.75) is 70.4 Å². The first-order valence-electron chi connectivity index (χ1n) is 7.70. The Morgan fingerprint density at radius 3 is 2.50 bits per heavy atom. The molecule has 18 heavy (non-hydrogen) atoms. The molecule has 1 aliphatic rings. The normalized spacial score (nSPS) is 20.0. The van der Waals surface area contributed by atoms with Gasteiger partial charge in [-0.25, -0.2) is 0 Å². The van der Waals surface area contributed by atoms with Crippen LogP contribution >= 0.6 is 0 Å². The molecule has 0 saturated heterocycles. The van der Waals surface area contributed by atoms with E-state index >= 15 is 0 Å². The van der Waals surface area contributed by atoms with E-state index in [-0.39, 0.29) is 6.10 Å². The summed E-state index contributed by atoms with van der Waals surface area (Å²) in [6, 6.07) is 0.665. The maximum absolute atomic E-state index is 9.95. The monoisotopic (exact) mass is 257 g/mol. The highest BCUT2D eigenvalue weighted by Crippen LogP contribution is 2.21. The highest BCUT2D eigenvalue weighted by Gasteiger charge is 2.19.